The SMILES string of the molecule is COc1ccc([N+](=O)[O-])cc1N=Nc1c(CC(=O)O)nc2ccccn12. The number of carboxylic acids is 1. The smallest absolute Gasteiger partial charge is 0.309 e. The molecule has 0 aliphatic heterocycles. The fraction of sp³-hybridized carbons (Fsp3) is 0.125. The van der Waals surface area contributed by atoms with Gasteiger partial charge in [0.25, 0.3) is 5.69 Å². The van der Waals surface area contributed by atoms with Crippen LogP contribution in [-0.4, -0.2) is 32.5 Å². The van der Waals surface area contributed by atoms with Gasteiger partial charge in [-0.3, -0.25) is 19.3 Å². The molecule has 1 aromatic carbocycles. The van der Waals surface area contributed by atoms with Gasteiger partial charge in [-0.25, -0.2) is 4.98 Å². The Labute approximate surface area is 146 Å². The van der Waals surface area contributed by atoms with Crippen molar-refractivity contribution >= 4 is 28.8 Å². The van der Waals surface area contributed by atoms with Crippen molar-refractivity contribution in [1.29, 1.82) is 0 Å². The van der Waals surface area contributed by atoms with E-state index in [1.165, 1.54) is 25.3 Å². The molecule has 0 amide bonds. The van der Waals surface area contributed by atoms with Crippen LogP contribution in [-0.2, 0) is 11.2 Å². The second-order valence-corrected chi connectivity index (χ2v) is 5.19. The van der Waals surface area contributed by atoms with Crippen LogP contribution in [0.25, 0.3) is 5.65 Å². The van der Waals surface area contributed by atoms with Crippen molar-refractivity contribution in [3.05, 3.63) is 58.4 Å². The zero-order chi connectivity index (χ0) is 18.7. The number of benzene rings is 1. The molecule has 0 aliphatic rings. The Balaban J connectivity index is 2.09. The molecule has 2 aromatic heterocycles. The van der Waals surface area contributed by atoms with Gasteiger partial charge in [-0.15, -0.1) is 10.2 Å². The predicted octanol–water partition coefficient (Wildman–Crippen LogP) is 3.29. The number of non-ortho nitro benzene ring substituents is 1. The van der Waals surface area contributed by atoms with Crippen LogP contribution in [0.1, 0.15) is 5.69 Å². The predicted molar refractivity (Wildman–Crippen MR) is 90.4 cm³/mol. The Kier molecular flexibility index (Phi) is 4.56. The summed E-state index contributed by atoms with van der Waals surface area (Å²) in [6.07, 6.45) is 1.34. The van der Waals surface area contributed by atoms with Crippen LogP contribution < -0.4 is 4.74 Å². The van der Waals surface area contributed by atoms with E-state index in [9.17, 15) is 14.9 Å². The van der Waals surface area contributed by atoms with Crippen LogP contribution in [0, 0.1) is 10.1 Å². The van der Waals surface area contributed by atoms with Gasteiger partial charge in [-0.2, -0.15) is 0 Å². The second kappa shape index (κ2) is 6.97. The number of carboxylic acid groups (broad SMARTS) is 1. The van der Waals surface area contributed by atoms with Crippen molar-refractivity contribution in [3.8, 4) is 5.75 Å². The fourth-order valence-electron chi connectivity index (χ4n) is 2.37. The Bertz CT molecular complexity index is 1030. The summed E-state index contributed by atoms with van der Waals surface area (Å²) in [5.74, 6) is -0.526. The summed E-state index contributed by atoms with van der Waals surface area (Å²) in [5, 5.41) is 28.1. The van der Waals surface area contributed by atoms with Crippen molar-refractivity contribution < 1.29 is 19.6 Å². The fourth-order valence-corrected chi connectivity index (χ4v) is 2.37. The molecule has 0 atom stereocenters. The highest BCUT2D eigenvalue weighted by Gasteiger charge is 2.16. The summed E-state index contributed by atoms with van der Waals surface area (Å²) in [5.41, 5.74) is 0.734. The lowest BCUT2D eigenvalue weighted by atomic mass is 10.2. The molecule has 1 N–H and O–H groups in total. The number of azo groups is 1. The van der Waals surface area contributed by atoms with E-state index in [0.717, 1.165) is 0 Å². The van der Waals surface area contributed by atoms with Crippen molar-refractivity contribution in [3.63, 3.8) is 0 Å². The lowest BCUT2D eigenvalue weighted by Gasteiger charge is -2.03. The number of pyridine rings is 1. The number of fused-ring (bicyclic) bond motifs is 1. The normalized spacial score (nSPS) is 11.1. The first-order chi connectivity index (χ1) is 12.5. The van der Waals surface area contributed by atoms with Gasteiger partial charge in [0.05, 0.1) is 24.1 Å². The molecule has 3 aromatic rings. The molecule has 0 saturated heterocycles. The van der Waals surface area contributed by atoms with Gasteiger partial charge >= 0.3 is 5.97 Å². The maximum atomic E-state index is 11.1. The summed E-state index contributed by atoms with van der Waals surface area (Å²) in [7, 11) is 1.41. The van der Waals surface area contributed by atoms with Gasteiger partial charge in [-0.05, 0) is 18.2 Å². The maximum absolute atomic E-state index is 11.1. The largest absolute Gasteiger partial charge is 0.494 e. The number of nitro benzene ring substituents is 1. The number of rotatable bonds is 6. The van der Waals surface area contributed by atoms with Gasteiger partial charge < -0.3 is 9.84 Å². The molecule has 2 heterocycles. The van der Waals surface area contributed by atoms with Crippen molar-refractivity contribution in [2.45, 2.75) is 6.42 Å². The number of nitro groups is 1. The van der Waals surface area contributed by atoms with E-state index >= 15 is 0 Å². The van der Waals surface area contributed by atoms with Crippen LogP contribution in [0.15, 0.2) is 52.8 Å². The Morgan fingerprint density at radius 3 is 2.85 bits per heavy atom. The zero-order valence-corrected chi connectivity index (χ0v) is 13.6. The van der Waals surface area contributed by atoms with Crippen LogP contribution >= 0.6 is 0 Å². The number of ether oxygens (including phenoxy) is 1. The molecule has 0 aliphatic carbocycles. The van der Waals surface area contributed by atoms with Crippen LogP contribution in [0.2, 0.25) is 0 Å². The number of hydrogen-bond acceptors (Lipinski definition) is 7. The summed E-state index contributed by atoms with van der Waals surface area (Å²) in [6, 6.07) is 9.14. The minimum absolute atomic E-state index is 0.147. The minimum Gasteiger partial charge on any atom is -0.494 e. The molecule has 0 spiro atoms. The molecule has 0 unspecified atom stereocenters. The van der Waals surface area contributed by atoms with Crippen LogP contribution in [0.3, 0.4) is 0 Å². The van der Waals surface area contributed by atoms with E-state index in [0.29, 0.717) is 11.4 Å². The van der Waals surface area contributed by atoms with Crippen molar-refractivity contribution in [2.24, 2.45) is 10.2 Å². The number of carbonyl (C=O) groups is 1. The zero-order valence-electron chi connectivity index (χ0n) is 13.6. The molecule has 0 bridgehead atoms. The first-order valence-corrected chi connectivity index (χ1v) is 7.41. The third-order valence-electron chi connectivity index (χ3n) is 3.52. The number of nitrogens with zero attached hydrogens (tertiary/aromatic N) is 5. The Hall–Kier alpha value is -3.82. The Morgan fingerprint density at radius 2 is 2.15 bits per heavy atom. The molecule has 0 fully saturated rings. The van der Waals surface area contributed by atoms with Gasteiger partial charge in [-0.1, -0.05) is 6.07 Å². The number of hydrogen-bond donors (Lipinski definition) is 1. The van der Waals surface area contributed by atoms with Gasteiger partial charge in [0.15, 0.2) is 5.82 Å². The topological polar surface area (TPSA) is 132 Å². The highest BCUT2D eigenvalue weighted by molar-refractivity contribution is 5.72. The molecule has 10 heteroatoms. The van der Waals surface area contributed by atoms with E-state index in [2.05, 4.69) is 15.2 Å². The number of imidazole rings is 1. The number of methoxy groups -OCH3 is 1. The van der Waals surface area contributed by atoms with Gasteiger partial charge in [0.2, 0.25) is 0 Å². The molecular formula is C16H13N5O5. The Morgan fingerprint density at radius 1 is 1.35 bits per heavy atom. The molecule has 10 nitrogen and oxygen atoms in total. The standard InChI is InChI=1S/C16H13N5O5/c1-26-13-6-5-10(21(24)25)8-11(13)18-19-16-12(9-15(22)23)17-14-4-2-3-7-20(14)16/h2-8H,9H2,1H3,(H,22,23). The lowest BCUT2D eigenvalue weighted by Crippen LogP contribution is -2.00. The number of aromatic nitrogens is 2. The highest BCUT2D eigenvalue weighted by atomic mass is 16.6. The van der Waals surface area contributed by atoms with E-state index in [1.807, 2.05) is 0 Å². The number of aliphatic carboxylic acids is 1. The van der Waals surface area contributed by atoms with E-state index < -0.39 is 10.9 Å². The van der Waals surface area contributed by atoms with Gasteiger partial charge in [0.1, 0.15) is 17.1 Å². The van der Waals surface area contributed by atoms with E-state index in [-0.39, 0.29) is 29.3 Å². The first kappa shape index (κ1) is 17.0. The van der Waals surface area contributed by atoms with Crippen molar-refractivity contribution in [1.82, 2.24) is 9.38 Å². The highest BCUT2D eigenvalue weighted by Crippen LogP contribution is 2.33. The molecule has 26 heavy (non-hydrogen) atoms. The maximum Gasteiger partial charge on any atom is 0.309 e. The van der Waals surface area contributed by atoms with Crippen LogP contribution in [0.4, 0.5) is 17.2 Å². The average Bonchev–Trinajstić information content (AvgIpc) is 2.95. The molecule has 132 valence electrons. The third kappa shape index (κ3) is 3.34. The molecular weight excluding hydrogens is 342 g/mol. The molecule has 0 saturated carbocycles. The summed E-state index contributed by atoms with van der Waals surface area (Å²) in [6.45, 7) is 0. The quantitative estimate of drug-likeness (QED) is 0.410. The van der Waals surface area contributed by atoms with E-state index in [4.69, 9.17) is 9.84 Å². The summed E-state index contributed by atoms with van der Waals surface area (Å²) in [4.78, 5) is 25.7. The second-order valence-electron chi connectivity index (χ2n) is 5.19. The van der Waals surface area contributed by atoms with Crippen LogP contribution in [0.5, 0.6) is 5.75 Å². The van der Waals surface area contributed by atoms with E-state index in [1.54, 1.807) is 28.8 Å². The van der Waals surface area contributed by atoms with Gasteiger partial charge in [0, 0.05) is 18.3 Å². The van der Waals surface area contributed by atoms with Crippen molar-refractivity contribution in [2.75, 3.05) is 7.11 Å². The third-order valence-corrected chi connectivity index (χ3v) is 3.52. The molecule has 0 radical (unpaired) electrons. The first-order valence-electron chi connectivity index (χ1n) is 7.41. The summed E-state index contributed by atoms with van der Waals surface area (Å²) < 4.78 is 6.73. The summed E-state index contributed by atoms with van der Waals surface area (Å²) >= 11 is 0. The monoisotopic (exact) mass is 355 g/mol. The minimum atomic E-state index is -1.06. The lowest BCUT2D eigenvalue weighted by molar-refractivity contribution is -0.384. The average molecular weight is 355 g/mol. The molecule has 3 rings (SSSR count).